The standard InChI is InChI=1S/C35H70N2O5/c1-7-13-16-18-23-32(22-15-9-3)31-41-34(38)26-21-20-25-33(24-19-17-14-8-2)42-35(39)40-30-29-37(12-6)28-27-36(10-4)11-5/h32-33H,7-31H2,1-6H3. The number of likely N-dealkylation sites (N-methyl/N-ethyl adjacent to an activating group) is 2. The van der Waals surface area contributed by atoms with E-state index in [9.17, 15) is 9.59 Å². The summed E-state index contributed by atoms with van der Waals surface area (Å²) in [6.45, 7) is 19.8. The summed E-state index contributed by atoms with van der Waals surface area (Å²) < 4.78 is 16.9. The van der Waals surface area contributed by atoms with Gasteiger partial charge in [-0.15, -0.1) is 0 Å². The van der Waals surface area contributed by atoms with Crippen molar-refractivity contribution in [1.82, 2.24) is 9.80 Å². The summed E-state index contributed by atoms with van der Waals surface area (Å²) in [5, 5.41) is 0. The van der Waals surface area contributed by atoms with Gasteiger partial charge in [0.05, 0.1) is 6.61 Å². The van der Waals surface area contributed by atoms with E-state index >= 15 is 0 Å². The first-order chi connectivity index (χ1) is 20.4. The average molecular weight is 599 g/mol. The molecule has 0 aliphatic heterocycles. The van der Waals surface area contributed by atoms with E-state index in [2.05, 4.69) is 51.3 Å². The van der Waals surface area contributed by atoms with Crippen LogP contribution in [0.5, 0.6) is 0 Å². The molecule has 7 nitrogen and oxygen atoms in total. The van der Waals surface area contributed by atoms with Gasteiger partial charge in [0.1, 0.15) is 12.7 Å². The molecule has 0 amide bonds. The number of nitrogens with zero attached hydrogens (tertiary/aromatic N) is 2. The van der Waals surface area contributed by atoms with Gasteiger partial charge in [0.2, 0.25) is 0 Å². The van der Waals surface area contributed by atoms with Gasteiger partial charge in [-0.05, 0) is 70.5 Å². The number of hydrogen-bond donors (Lipinski definition) is 0. The van der Waals surface area contributed by atoms with Crippen LogP contribution >= 0.6 is 0 Å². The van der Waals surface area contributed by atoms with Gasteiger partial charge in [-0.3, -0.25) is 9.69 Å². The van der Waals surface area contributed by atoms with Gasteiger partial charge in [0, 0.05) is 26.1 Å². The Bertz CT molecular complexity index is 614. The van der Waals surface area contributed by atoms with Crippen LogP contribution in [-0.4, -0.2) is 80.5 Å². The molecule has 250 valence electrons. The normalized spacial score (nSPS) is 13.0. The smallest absolute Gasteiger partial charge is 0.465 e. The summed E-state index contributed by atoms with van der Waals surface area (Å²) in [5.74, 6) is 0.399. The number of esters is 1. The van der Waals surface area contributed by atoms with Crippen LogP contribution in [0.1, 0.15) is 151 Å². The summed E-state index contributed by atoms with van der Waals surface area (Å²) in [6, 6.07) is 0. The van der Waals surface area contributed by atoms with Gasteiger partial charge < -0.3 is 19.1 Å². The molecule has 0 saturated carbocycles. The molecular weight excluding hydrogens is 528 g/mol. The van der Waals surface area contributed by atoms with Crippen LogP contribution in [0.4, 0.5) is 4.79 Å². The molecule has 0 saturated heterocycles. The third-order valence-electron chi connectivity index (χ3n) is 8.41. The highest BCUT2D eigenvalue weighted by atomic mass is 16.7. The van der Waals surface area contributed by atoms with Crippen molar-refractivity contribution in [3.8, 4) is 0 Å². The number of hydrogen-bond acceptors (Lipinski definition) is 7. The lowest BCUT2D eigenvalue weighted by Crippen LogP contribution is -2.37. The van der Waals surface area contributed by atoms with Gasteiger partial charge in [-0.1, -0.05) is 99.3 Å². The molecule has 0 rings (SSSR count). The maximum Gasteiger partial charge on any atom is 0.508 e. The van der Waals surface area contributed by atoms with Crippen molar-refractivity contribution in [2.45, 2.75) is 157 Å². The molecule has 0 radical (unpaired) electrons. The van der Waals surface area contributed by atoms with Crippen molar-refractivity contribution in [3.63, 3.8) is 0 Å². The van der Waals surface area contributed by atoms with Crippen molar-refractivity contribution in [2.24, 2.45) is 5.92 Å². The van der Waals surface area contributed by atoms with Gasteiger partial charge in [0.15, 0.2) is 0 Å². The number of carbonyl (C=O) groups excluding carboxylic acids is 2. The minimum Gasteiger partial charge on any atom is -0.465 e. The molecule has 0 aliphatic carbocycles. The number of rotatable bonds is 30. The van der Waals surface area contributed by atoms with Crippen LogP contribution in [0, 0.1) is 5.92 Å². The Labute approximate surface area is 260 Å². The minimum absolute atomic E-state index is 0.0913. The van der Waals surface area contributed by atoms with Crippen molar-refractivity contribution in [2.75, 3.05) is 52.5 Å². The number of unbranched alkanes of at least 4 members (excludes halogenated alkanes) is 8. The topological polar surface area (TPSA) is 68.3 Å². The van der Waals surface area contributed by atoms with Crippen LogP contribution in [0.25, 0.3) is 0 Å². The highest BCUT2D eigenvalue weighted by Gasteiger charge is 2.17. The quantitative estimate of drug-likeness (QED) is 0.0603. The zero-order valence-corrected chi connectivity index (χ0v) is 28.8. The molecule has 2 atom stereocenters. The summed E-state index contributed by atoms with van der Waals surface area (Å²) in [4.78, 5) is 29.7. The average Bonchev–Trinajstić information content (AvgIpc) is 2.99. The van der Waals surface area contributed by atoms with Crippen molar-refractivity contribution < 1.29 is 23.8 Å². The lowest BCUT2D eigenvalue weighted by Gasteiger charge is -2.25. The van der Waals surface area contributed by atoms with Crippen LogP contribution in [0.2, 0.25) is 0 Å². The third-order valence-corrected chi connectivity index (χ3v) is 8.41. The van der Waals surface area contributed by atoms with Gasteiger partial charge >= 0.3 is 12.1 Å². The first-order valence-corrected chi connectivity index (χ1v) is 17.9. The van der Waals surface area contributed by atoms with Crippen LogP contribution in [0.15, 0.2) is 0 Å². The Hall–Kier alpha value is -1.34. The second-order valence-corrected chi connectivity index (χ2v) is 11.9. The highest BCUT2D eigenvalue weighted by molar-refractivity contribution is 5.69. The van der Waals surface area contributed by atoms with Gasteiger partial charge in [-0.2, -0.15) is 0 Å². The lowest BCUT2D eigenvalue weighted by atomic mass is 9.96. The largest absolute Gasteiger partial charge is 0.508 e. The maximum atomic E-state index is 12.5. The zero-order valence-electron chi connectivity index (χ0n) is 28.8. The zero-order chi connectivity index (χ0) is 31.3. The van der Waals surface area contributed by atoms with E-state index in [1.807, 2.05) is 0 Å². The van der Waals surface area contributed by atoms with E-state index in [1.165, 1.54) is 51.4 Å². The molecule has 2 unspecified atom stereocenters. The number of carbonyl (C=O) groups is 2. The second-order valence-electron chi connectivity index (χ2n) is 11.9. The van der Waals surface area contributed by atoms with Crippen molar-refractivity contribution in [1.29, 1.82) is 0 Å². The molecule has 0 bridgehead atoms. The first kappa shape index (κ1) is 40.7. The van der Waals surface area contributed by atoms with E-state index in [0.717, 1.165) is 84.1 Å². The Balaban J connectivity index is 4.48. The van der Waals surface area contributed by atoms with E-state index in [1.54, 1.807) is 0 Å². The summed E-state index contributed by atoms with van der Waals surface area (Å²) in [7, 11) is 0. The Morgan fingerprint density at radius 3 is 1.71 bits per heavy atom. The predicted octanol–water partition coefficient (Wildman–Crippen LogP) is 9.02. The van der Waals surface area contributed by atoms with E-state index in [0.29, 0.717) is 32.1 Å². The van der Waals surface area contributed by atoms with Crippen molar-refractivity contribution in [3.05, 3.63) is 0 Å². The van der Waals surface area contributed by atoms with Crippen molar-refractivity contribution >= 4 is 12.1 Å². The van der Waals surface area contributed by atoms with Crippen LogP contribution in [-0.2, 0) is 19.0 Å². The predicted molar refractivity (Wildman–Crippen MR) is 176 cm³/mol. The van der Waals surface area contributed by atoms with Gasteiger partial charge in [0.25, 0.3) is 0 Å². The maximum absolute atomic E-state index is 12.5. The van der Waals surface area contributed by atoms with Crippen LogP contribution < -0.4 is 0 Å². The molecule has 42 heavy (non-hydrogen) atoms. The fraction of sp³-hybridized carbons (Fsp3) is 0.943. The van der Waals surface area contributed by atoms with E-state index in [4.69, 9.17) is 14.2 Å². The SMILES string of the molecule is CCCCCCC(CCCC)COC(=O)CCCCC(CCCCCC)OC(=O)OCCN(CC)CCN(CC)CC. The molecular formula is C35H70N2O5. The number of ether oxygens (including phenoxy) is 3. The molecule has 0 aromatic heterocycles. The molecule has 7 heteroatoms. The minimum atomic E-state index is -0.563. The summed E-state index contributed by atoms with van der Waals surface area (Å²) >= 11 is 0. The molecule has 0 heterocycles. The molecule has 0 aromatic carbocycles. The summed E-state index contributed by atoms with van der Waals surface area (Å²) in [5.41, 5.74) is 0. The molecule has 0 fully saturated rings. The fourth-order valence-electron chi connectivity index (χ4n) is 5.33. The molecule has 0 spiro atoms. The monoisotopic (exact) mass is 599 g/mol. The fourth-order valence-corrected chi connectivity index (χ4v) is 5.33. The van der Waals surface area contributed by atoms with Crippen LogP contribution in [0.3, 0.4) is 0 Å². The Morgan fingerprint density at radius 2 is 1.12 bits per heavy atom. The second kappa shape index (κ2) is 29.7. The third kappa shape index (κ3) is 24.1. The Morgan fingerprint density at radius 1 is 0.571 bits per heavy atom. The summed E-state index contributed by atoms with van der Waals surface area (Å²) in [6.07, 6.45) is 17.2. The van der Waals surface area contributed by atoms with Gasteiger partial charge in [-0.25, -0.2) is 4.79 Å². The van der Waals surface area contributed by atoms with E-state index in [-0.39, 0.29) is 12.1 Å². The van der Waals surface area contributed by atoms with E-state index < -0.39 is 6.16 Å². The molecule has 0 N–H and O–H groups in total. The Kier molecular flexibility index (Phi) is 28.8. The lowest BCUT2D eigenvalue weighted by molar-refractivity contribution is -0.145. The molecule has 0 aromatic rings. The highest BCUT2D eigenvalue weighted by Crippen LogP contribution is 2.19. The first-order valence-electron chi connectivity index (χ1n) is 17.9. The molecule has 0 aliphatic rings.